The monoisotopic (exact) mass is 617 g/mol. The third-order valence-electron chi connectivity index (χ3n) is 6.91. The predicted molar refractivity (Wildman–Crippen MR) is 155 cm³/mol. The van der Waals surface area contributed by atoms with Crippen LogP contribution in [-0.2, 0) is 22.1 Å². The zero-order chi connectivity index (χ0) is 32.1. The van der Waals surface area contributed by atoms with Crippen molar-refractivity contribution in [3.63, 3.8) is 0 Å². The highest BCUT2D eigenvalue weighted by Gasteiger charge is 2.37. The zero-order valence-electron chi connectivity index (χ0n) is 24.9. The van der Waals surface area contributed by atoms with E-state index in [-0.39, 0.29) is 35.8 Å². The molecule has 1 saturated carbocycles. The molecule has 4 amide bonds. The van der Waals surface area contributed by atoms with Crippen LogP contribution in [-0.4, -0.2) is 34.9 Å². The van der Waals surface area contributed by atoms with Crippen LogP contribution in [0.25, 0.3) is 0 Å². The maximum atomic E-state index is 13.6. The smallest absolute Gasteiger partial charge is 0.416 e. The number of nitrogens with zero attached hydrogens (tertiary/aromatic N) is 2. The van der Waals surface area contributed by atoms with Gasteiger partial charge >= 0.3 is 24.2 Å². The van der Waals surface area contributed by atoms with Crippen LogP contribution < -0.4 is 25.9 Å². The summed E-state index contributed by atoms with van der Waals surface area (Å²) in [6, 6.07) is 8.50. The average molecular weight is 618 g/mol. The van der Waals surface area contributed by atoms with Gasteiger partial charge < -0.3 is 20.7 Å². The van der Waals surface area contributed by atoms with Gasteiger partial charge in [-0.15, -0.1) is 0 Å². The predicted octanol–water partition coefficient (Wildman–Crippen LogP) is 6.12. The van der Waals surface area contributed by atoms with E-state index in [4.69, 9.17) is 9.26 Å². The lowest BCUT2D eigenvalue weighted by atomic mass is 9.90. The van der Waals surface area contributed by atoms with Gasteiger partial charge in [0.2, 0.25) is 17.2 Å². The minimum Gasteiger partial charge on any atom is -0.444 e. The number of alkyl carbamates (subject to hydrolysis) is 1. The number of aromatic nitrogens is 2. The van der Waals surface area contributed by atoms with E-state index in [0.717, 1.165) is 36.1 Å². The van der Waals surface area contributed by atoms with Crippen LogP contribution in [0.1, 0.15) is 69.2 Å². The van der Waals surface area contributed by atoms with Crippen LogP contribution in [0, 0.1) is 6.92 Å². The molecule has 4 rings (SSSR count). The van der Waals surface area contributed by atoms with Gasteiger partial charge in [-0.25, -0.2) is 9.59 Å². The highest BCUT2D eigenvalue weighted by atomic mass is 19.4. The van der Waals surface area contributed by atoms with Gasteiger partial charge in [0.15, 0.2) is 0 Å². The maximum Gasteiger partial charge on any atom is 0.416 e. The van der Waals surface area contributed by atoms with Gasteiger partial charge in [0.1, 0.15) is 5.60 Å². The lowest BCUT2D eigenvalue weighted by Gasteiger charge is -2.27. The van der Waals surface area contributed by atoms with Crippen molar-refractivity contribution in [3.05, 3.63) is 65.4 Å². The minimum absolute atomic E-state index is 0.0349. The molecule has 44 heavy (non-hydrogen) atoms. The lowest BCUT2D eigenvalue weighted by Crippen LogP contribution is -2.55. The van der Waals surface area contributed by atoms with E-state index in [1.165, 1.54) is 16.9 Å². The number of nitrogens with one attached hydrogen (secondary N) is 4. The summed E-state index contributed by atoms with van der Waals surface area (Å²) in [5, 5.41) is 14.1. The Morgan fingerprint density at radius 1 is 1.00 bits per heavy atom. The molecule has 2 atom stereocenters. The summed E-state index contributed by atoms with van der Waals surface area (Å²) < 4.78 is 53.0. The number of benzene rings is 2. The Bertz CT molecular complexity index is 1500. The lowest BCUT2D eigenvalue weighted by molar-refractivity contribution is -0.789. The molecule has 0 bridgehead atoms. The van der Waals surface area contributed by atoms with Crippen LogP contribution in [0.5, 0.6) is 0 Å². The van der Waals surface area contributed by atoms with Crippen molar-refractivity contribution in [1.82, 2.24) is 10.6 Å². The number of amides is 4. The highest BCUT2D eigenvalue weighted by Crippen LogP contribution is 2.34. The van der Waals surface area contributed by atoms with Gasteiger partial charge in [0.05, 0.1) is 18.0 Å². The van der Waals surface area contributed by atoms with Gasteiger partial charge in [-0.05, 0) is 74.5 Å². The second kappa shape index (κ2) is 13.3. The first-order valence-electron chi connectivity index (χ1n) is 14.2. The first-order chi connectivity index (χ1) is 20.7. The number of urea groups is 1. The molecule has 0 radical (unpaired) electrons. The zero-order valence-corrected chi connectivity index (χ0v) is 24.9. The summed E-state index contributed by atoms with van der Waals surface area (Å²) in [7, 11) is 0. The van der Waals surface area contributed by atoms with E-state index in [0.29, 0.717) is 12.8 Å². The Morgan fingerprint density at radius 3 is 2.36 bits per heavy atom. The second-order valence-corrected chi connectivity index (χ2v) is 11.7. The molecular weight excluding hydrogens is 581 g/mol. The summed E-state index contributed by atoms with van der Waals surface area (Å²) in [6.07, 6.45) is -0.728. The van der Waals surface area contributed by atoms with Gasteiger partial charge in [0, 0.05) is 17.8 Å². The number of hydrogen-bond donors (Lipinski definition) is 4. The molecule has 236 valence electrons. The molecule has 2 unspecified atom stereocenters. The summed E-state index contributed by atoms with van der Waals surface area (Å²) in [6.45, 7) is 7.13. The third kappa shape index (κ3) is 9.19. The first-order valence-corrected chi connectivity index (χ1v) is 14.2. The Hall–Kier alpha value is -4.62. The molecule has 1 fully saturated rings. The Kier molecular flexibility index (Phi) is 9.80. The van der Waals surface area contributed by atoms with Gasteiger partial charge in [0.25, 0.3) is 6.20 Å². The summed E-state index contributed by atoms with van der Waals surface area (Å²) in [4.78, 5) is 37.7. The number of hydrogen-bond acceptors (Lipinski definition) is 6. The molecule has 3 aromatic rings. The number of anilines is 3. The van der Waals surface area contributed by atoms with Crippen molar-refractivity contribution >= 4 is 35.3 Å². The van der Waals surface area contributed by atoms with Crippen LogP contribution in [0.15, 0.2) is 53.2 Å². The van der Waals surface area contributed by atoms with E-state index in [2.05, 4.69) is 26.5 Å². The first kappa shape index (κ1) is 32.3. The van der Waals surface area contributed by atoms with Crippen molar-refractivity contribution in [3.8, 4) is 0 Å². The van der Waals surface area contributed by atoms with Crippen molar-refractivity contribution in [2.45, 2.75) is 83.7 Å². The van der Waals surface area contributed by atoms with Crippen molar-refractivity contribution in [2.75, 3.05) is 16.0 Å². The molecule has 1 aliphatic carbocycles. The van der Waals surface area contributed by atoms with E-state index < -0.39 is 35.4 Å². The normalized spacial score (nSPS) is 17.0. The minimum atomic E-state index is -4.73. The van der Waals surface area contributed by atoms with Gasteiger partial charge in [-0.2, -0.15) is 13.2 Å². The Morgan fingerprint density at radius 2 is 1.68 bits per heavy atom. The molecule has 1 heterocycles. The summed E-state index contributed by atoms with van der Waals surface area (Å²) in [5.41, 5.74) is -0.443. The number of aryl methyl sites for hydroxylation is 1. The Labute approximate surface area is 252 Å². The quantitative estimate of drug-likeness (QED) is 0.236. The molecule has 0 spiro atoms. The fraction of sp³-hybridized carbons (Fsp3) is 0.433. The standard InChI is InChI=1S/C30H35F3N6O5/c1-18-9-5-6-10-19(18)13-25(40)34-21-14-20(30(31,32)33)15-22(16-21)35-27(41)37-26-17-39(38-44-26)24-12-8-7-11-23(24)36-28(42)43-29(2,3)4/h5-6,9-10,14-17,23-24H,7-8,11-13H2,1-4H3,(H3-,34,35,36,37,38,40,41,42)/p+1. The van der Waals surface area contributed by atoms with Crippen LogP contribution in [0.3, 0.4) is 0 Å². The molecule has 2 aromatic carbocycles. The second-order valence-electron chi connectivity index (χ2n) is 11.7. The summed E-state index contributed by atoms with van der Waals surface area (Å²) >= 11 is 0. The molecule has 11 nitrogen and oxygen atoms in total. The fourth-order valence-corrected chi connectivity index (χ4v) is 4.92. The van der Waals surface area contributed by atoms with Crippen LogP contribution in [0.4, 0.5) is 40.0 Å². The molecule has 1 aliphatic rings. The number of rotatable bonds is 7. The van der Waals surface area contributed by atoms with E-state index in [9.17, 15) is 27.6 Å². The molecule has 4 N–H and O–H groups in total. The molecular formula is C30H36F3N6O5+. The highest BCUT2D eigenvalue weighted by molar-refractivity contribution is 6.00. The number of ether oxygens (including phenoxy) is 1. The van der Waals surface area contributed by atoms with Crippen molar-refractivity contribution in [2.24, 2.45) is 0 Å². The van der Waals surface area contributed by atoms with Crippen LogP contribution >= 0.6 is 0 Å². The molecule has 1 aromatic heterocycles. The van der Waals surface area contributed by atoms with Crippen molar-refractivity contribution < 1.29 is 41.5 Å². The van der Waals surface area contributed by atoms with Gasteiger partial charge in [-0.1, -0.05) is 30.7 Å². The fourth-order valence-electron chi connectivity index (χ4n) is 4.92. The maximum absolute atomic E-state index is 13.6. The largest absolute Gasteiger partial charge is 0.444 e. The number of carbonyl (C=O) groups is 3. The third-order valence-corrected chi connectivity index (χ3v) is 6.91. The average Bonchev–Trinajstić information content (AvgIpc) is 3.36. The SMILES string of the molecule is Cc1ccccc1CC(=O)Nc1cc(NC(=O)Nc2c[n+](C3CCCCC3NC(=O)OC(C)(C)C)no2)cc(C(F)(F)F)c1. The Balaban J connectivity index is 1.42. The summed E-state index contributed by atoms with van der Waals surface area (Å²) in [5.74, 6) is -0.578. The number of alkyl halides is 3. The molecule has 14 heteroatoms. The molecule has 0 aliphatic heterocycles. The number of halogens is 3. The van der Waals surface area contributed by atoms with E-state index in [1.54, 1.807) is 32.9 Å². The topological polar surface area (TPSA) is 138 Å². The van der Waals surface area contributed by atoms with Crippen LogP contribution in [0.2, 0.25) is 0 Å². The van der Waals surface area contributed by atoms with Crippen molar-refractivity contribution in [1.29, 1.82) is 0 Å². The van der Waals surface area contributed by atoms with E-state index >= 15 is 0 Å². The van der Waals surface area contributed by atoms with Gasteiger partial charge in [-0.3, -0.25) is 14.6 Å². The van der Waals surface area contributed by atoms with E-state index in [1.807, 2.05) is 19.1 Å². The molecule has 0 saturated heterocycles. The number of carbonyl (C=O) groups excluding carboxylic acids is 3.